The average molecular weight is 490 g/mol. The summed E-state index contributed by atoms with van der Waals surface area (Å²) in [4.78, 5) is 22.2. The van der Waals surface area contributed by atoms with Crippen molar-refractivity contribution < 1.29 is 18.7 Å². The molecule has 0 bridgehead atoms. The summed E-state index contributed by atoms with van der Waals surface area (Å²) in [6.45, 7) is 2.66. The maximum Gasteiger partial charge on any atom is 0.219 e. The van der Waals surface area contributed by atoms with Crippen LogP contribution in [0.3, 0.4) is 0 Å². The molecule has 2 heterocycles. The third-order valence-electron chi connectivity index (χ3n) is 5.34. The number of fused-ring (bicyclic) bond motifs is 1. The lowest BCUT2D eigenvalue weighted by atomic mass is 10.2. The average Bonchev–Trinajstić information content (AvgIpc) is 3.30. The number of methoxy groups -OCH3 is 1. The summed E-state index contributed by atoms with van der Waals surface area (Å²) >= 11 is 5.89. The standard InChI is InChI=1S/C22H22ClFN4O3.C2H7N/c1-13(29)28-8-4-5-14(28)11-31-20-9-15-18(10-19(20)30-2)25-12-26-22(15)27-17-7-3-6-16(23)21(17)24;1-3-2/h3,6-7,9-10,12,14H,4-5,8,11H2,1-2H3,(H,25,26,27);3H,1-2H3/t14-;/m0./s1. The van der Waals surface area contributed by atoms with Crippen LogP contribution in [0.4, 0.5) is 15.9 Å². The number of carbonyl (C=O) groups is 1. The fourth-order valence-corrected chi connectivity index (χ4v) is 3.95. The Hall–Kier alpha value is -3.17. The first-order chi connectivity index (χ1) is 16.4. The first kappa shape index (κ1) is 25.5. The van der Waals surface area contributed by atoms with Gasteiger partial charge < -0.3 is 25.0 Å². The van der Waals surface area contributed by atoms with Gasteiger partial charge in [-0.25, -0.2) is 14.4 Å². The smallest absolute Gasteiger partial charge is 0.219 e. The van der Waals surface area contributed by atoms with Crippen LogP contribution in [-0.4, -0.2) is 61.2 Å². The SMILES string of the molecule is CNC.COc1cc2ncnc(Nc3cccc(Cl)c3F)c2cc1OC[C@@H]1CCCN1C(C)=O. The van der Waals surface area contributed by atoms with Crippen LogP contribution in [0.25, 0.3) is 10.9 Å². The van der Waals surface area contributed by atoms with Crippen molar-refractivity contribution in [3.63, 3.8) is 0 Å². The molecule has 3 aromatic rings. The van der Waals surface area contributed by atoms with Gasteiger partial charge in [0.25, 0.3) is 0 Å². The van der Waals surface area contributed by atoms with Crippen molar-refractivity contribution in [2.75, 3.05) is 39.7 Å². The molecule has 1 atom stereocenters. The predicted molar refractivity (Wildman–Crippen MR) is 132 cm³/mol. The number of ether oxygens (including phenoxy) is 2. The van der Waals surface area contributed by atoms with E-state index in [-0.39, 0.29) is 22.7 Å². The van der Waals surface area contributed by atoms with Crippen molar-refractivity contribution in [3.05, 3.63) is 47.5 Å². The van der Waals surface area contributed by atoms with E-state index in [2.05, 4.69) is 20.6 Å². The van der Waals surface area contributed by atoms with E-state index >= 15 is 0 Å². The normalized spacial score (nSPS) is 15.0. The molecule has 1 amide bonds. The third-order valence-corrected chi connectivity index (χ3v) is 5.63. The first-order valence-electron chi connectivity index (χ1n) is 10.9. The summed E-state index contributed by atoms with van der Waals surface area (Å²) in [5, 5.41) is 6.38. The van der Waals surface area contributed by atoms with Gasteiger partial charge in [0, 0.05) is 24.9 Å². The number of amides is 1. The van der Waals surface area contributed by atoms with Crippen LogP contribution < -0.4 is 20.1 Å². The Morgan fingerprint density at radius 1 is 1.26 bits per heavy atom. The van der Waals surface area contributed by atoms with Gasteiger partial charge in [0.15, 0.2) is 17.3 Å². The van der Waals surface area contributed by atoms with Crippen LogP contribution in [0.1, 0.15) is 19.8 Å². The molecule has 10 heteroatoms. The van der Waals surface area contributed by atoms with Crippen LogP contribution in [0.5, 0.6) is 11.5 Å². The number of nitrogens with one attached hydrogen (secondary N) is 2. The summed E-state index contributed by atoms with van der Waals surface area (Å²) in [5.74, 6) is 0.893. The van der Waals surface area contributed by atoms with Gasteiger partial charge in [0.05, 0.1) is 29.4 Å². The molecule has 2 aromatic carbocycles. The molecule has 2 N–H and O–H groups in total. The van der Waals surface area contributed by atoms with E-state index < -0.39 is 5.82 Å². The Kier molecular flexibility index (Phi) is 8.84. The molecule has 0 unspecified atom stereocenters. The Balaban J connectivity index is 0.00000103. The van der Waals surface area contributed by atoms with Gasteiger partial charge in [-0.2, -0.15) is 0 Å². The van der Waals surface area contributed by atoms with Gasteiger partial charge in [0.1, 0.15) is 18.8 Å². The van der Waals surface area contributed by atoms with Crippen molar-refractivity contribution in [3.8, 4) is 11.5 Å². The number of halogens is 2. The number of hydrogen-bond donors (Lipinski definition) is 2. The monoisotopic (exact) mass is 489 g/mol. The number of aromatic nitrogens is 2. The third kappa shape index (κ3) is 5.84. The molecule has 1 saturated heterocycles. The lowest BCUT2D eigenvalue weighted by molar-refractivity contribution is -0.130. The molecular weight excluding hydrogens is 461 g/mol. The molecule has 1 aliphatic heterocycles. The van der Waals surface area contributed by atoms with Gasteiger partial charge in [-0.15, -0.1) is 0 Å². The second-order valence-corrected chi connectivity index (χ2v) is 8.20. The molecule has 1 aromatic heterocycles. The van der Waals surface area contributed by atoms with Gasteiger partial charge in [-0.3, -0.25) is 4.79 Å². The van der Waals surface area contributed by atoms with Crippen molar-refractivity contribution in [1.29, 1.82) is 0 Å². The van der Waals surface area contributed by atoms with Crippen LogP contribution in [0.15, 0.2) is 36.7 Å². The molecular formula is C24H29ClFN5O3. The highest BCUT2D eigenvalue weighted by Crippen LogP contribution is 2.36. The summed E-state index contributed by atoms with van der Waals surface area (Å²) in [6, 6.07) is 8.21. The van der Waals surface area contributed by atoms with Crippen LogP contribution in [0, 0.1) is 5.82 Å². The van der Waals surface area contributed by atoms with E-state index in [0.717, 1.165) is 19.4 Å². The number of benzene rings is 2. The van der Waals surface area contributed by atoms with E-state index in [0.29, 0.717) is 34.8 Å². The van der Waals surface area contributed by atoms with E-state index in [1.54, 1.807) is 38.3 Å². The van der Waals surface area contributed by atoms with Gasteiger partial charge in [0.2, 0.25) is 5.91 Å². The number of anilines is 2. The first-order valence-corrected chi connectivity index (χ1v) is 11.3. The Morgan fingerprint density at radius 2 is 2.03 bits per heavy atom. The zero-order valence-corrected chi connectivity index (χ0v) is 20.4. The summed E-state index contributed by atoms with van der Waals surface area (Å²) < 4.78 is 25.9. The fraction of sp³-hybridized carbons (Fsp3) is 0.375. The zero-order chi connectivity index (χ0) is 24.7. The summed E-state index contributed by atoms with van der Waals surface area (Å²) in [6.07, 6.45) is 3.23. The highest BCUT2D eigenvalue weighted by Gasteiger charge is 2.27. The van der Waals surface area contributed by atoms with E-state index in [1.807, 2.05) is 19.0 Å². The zero-order valence-electron chi connectivity index (χ0n) is 19.7. The number of nitrogens with zero attached hydrogens (tertiary/aromatic N) is 3. The lowest BCUT2D eigenvalue weighted by Gasteiger charge is -2.24. The molecule has 8 nitrogen and oxygen atoms in total. The highest BCUT2D eigenvalue weighted by atomic mass is 35.5. The van der Waals surface area contributed by atoms with Crippen molar-refractivity contribution in [2.45, 2.75) is 25.8 Å². The minimum absolute atomic E-state index is 0.0145. The van der Waals surface area contributed by atoms with Crippen LogP contribution in [0.2, 0.25) is 5.02 Å². The highest BCUT2D eigenvalue weighted by molar-refractivity contribution is 6.31. The molecule has 0 radical (unpaired) electrons. The van der Waals surface area contributed by atoms with Crippen molar-refractivity contribution >= 4 is 39.9 Å². The van der Waals surface area contributed by atoms with Gasteiger partial charge in [-0.05, 0) is 45.1 Å². The van der Waals surface area contributed by atoms with Crippen LogP contribution >= 0.6 is 11.6 Å². The molecule has 0 saturated carbocycles. The second-order valence-electron chi connectivity index (χ2n) is 7.79. The second kappa shape index (κ2) is 11.8. The molecule has 1 fully saturated rings. The number of carbonyl (C=O) groups excluding carboxylic acids is 1. The lowest BCUT2D eigenvalue weighted by Crippen LogP contribution is -2.37. The number of hydrogen-bond acceptors (Lipinski definition) is 7. The maximum absolute atomic E-state index is 14.4. The predicted octanol–water partition coefficient (Wildman–Crippen LogP) is 4.40. The fourth-order valence-electron chi connectivity index (χ4n) is 3.77. The minimum Gasteiger partial charge on any atom is -0.493 e. The summed E-state index contributed by atoms with van der Waals surface area (Å²) in [7, 11) is 5.30. The van der Waals surface area contributed by atoms with Crippen LogP contribution in [-0.2, 0) is 4.79 Å². The Morgan fingerprint density at radius 3 is 2.74 bits per heavy atom. The molecule has 0 spiro atoms. The van der Waals surface area contributed by atoms with Crippen molar-refractivity contribution in [2.24, 2.45) is 0 Å². The molecule has 182 valence electrons. The van der Waals surface area contributed by atoms with Gasteiger partial charge in [-0.1, -0.05) is 17.7 Å². The minimum atomic E-state index is -0.563. The molecule has 0 aliphatic carbocycles. The molecule has 34 heavy (non-hydrogen) atoms. The quantitative estimate of drug-likeness (QED) is 0.530. The van der Waals surface area contributed by atoms with E-state index in [9.17, 15) is 9.18 Å². The van der Waals surface area contributed by atoms with E-state index in [1.165, 1.54) is 12.4 Å². The Bertz CT molecular complexity index is 1150. The number of likely N-dealkylation sites (tertiary alicyclic amines) is 1. The molecule has 1 aliphatic rings. The Labute approximate surface area is 203 Å². The summed E-state index contributed by atoms with van der Waals surface area (Å²) in [5.41, 5.74) is 0.809. The number of rotatable bonds is 6. The van der Waals surface area contributed by atoms with Crippen molar-refractivity contribution in [1.82, 2.24) is 20.2 Å². The van der Waals surface area contributed by atoms with Gasteiger partial charge >= 0.3 is 0 Å². The largest absolute Gasteiger partial charge is 0.493 e. The van der Waals surface area contributed by atoms with E-state index in [4.69, 9.17) is 21.1 Å². The topological polar surface area (TPSA) is 88.6 Å². The maximum atomic E-state index is 14.4. The molecule has 4 rings (SSSR count).